The highest BCUT2D eigenvalue weighted by atomic mass is 35.5. The van der Waals surface area contributed by atoms with Crippen molar-refractivity contribution < 1.29 is 9.53 Å². The van der Waals surface area contributed by atoms with E-state index in [1.165, 1.54) is 5.56 Å². The van der Waals surface area contributed by atoms with Gasteiger partial charge in [-0.25, -0.2) is 0 Å². The van der Waals surface area contributed by atoms with Gasteiger partial charge in [0.05, 0.1) is 5.56 Å². The molecule has 1 aliphatic rings. The summed E-state index contributed by atoms with van der Waals surface area (Å²) in [5.41, 5.74) is 1.96. The zero-order chi connectivity index (χ0) is 18.9. The van der Waals surface area contributed by atoms with E-state index in [-0.39, 0.29) is 24.4 Å². The van der Waals surface area contributed by atoms with Gasteiger partial charge in [0.15, 0.2) is 0 Å². The lowest BCUT2D eigenvalue weighted by Gasteiger charge is -2.22. The first kappa shape index (κ1) is 22.3. The Morgan fingerprint density at radius 3 is 2.57 bits per heavy atom. The average Bonchev–Trinajstić information content (AvgIpc) is 2.72. The van der Waals surface area contributed by atoms with Crippen LogP contribution >= 0.6 is 12.4 Å². The number of amides is 1. The van der Waals surface area contributed by atoms with Gasteiger partial charge < -0.3 is 15.0 Å². The van der Waals surface area contributed by atoms with Gasteiger partial charge in [0.1, 0.15) is 12.4 Å². The minimum absolute atomic E-state index is 0. The SMILES string of the molecule is CCN1CCCCCN[C@H](Cc2ccccc2)COc2ccccc2C1=O.Cl. The quantitative estimate of drug-likeness (QED) is 0.830. The maximum Gasteiger partial charge on any atom is 0.257 e. The molecule has 0 fully saturated rings. The molecule has 0 aliphatic carbocycles. The fourth-order valence-corrected chi connectivity index (χ4v) is 3.53. The number of rotatable bonds is 3. The minimum atomic E-state index is 0. The van der Waals surface area contributed by atoms with E-state index < -0.39 is 0 Å². The van der Waals surface area contributed by atoms with Crippen LogP contribution in [0.25, 0.3) is 0 Å². The second-order valence-electron chi connectivity index (χ2n) is 7.09. The number of halogens is 1. The second-order valence-corrected chi connectivity index (χ2v) is 7.09. The van der Waals surface area contributed by atoms with Crippen molar-refractivity contribution in [1.29, 1.82) is 0 Å². The van der Waals surface area contributed by atoms with Gasteiger partial charge >= 0.3 is 0 Å². The molecule has 152 valence electrons. The molecule has 1 N–H and O–H groups in total. The van der Waals surface area contributed by atoms with Crippen LogP contribution in [0, 0.1) is 0 Å². The largest absolute Gasteiger partial charge is 0.491 e. The summed E-state index contributed by atoms with van der Waals surface area (Å²) >= 11 is 0. The summed E-state index contributed by atoms with van der Waals surface area (Å²) in [5, 5.41) is 3.65. The molecule has 0 bridgehead atoms. The number of para-hydroxylation sites is 1. The van der Waals surface area contributed by atoms with Gasteiger partial charge in [0.2, 0.25) is 0 Å². The van der Waals surface area contributed by atoms with E-state index in [4.69, 9.17) is 4.74 Å². The third-order valence-corrected chi connectivity index (χ3v) is 5.09. The Labute approximate surface area is 174 Å². The molecule has 0 unspecified atom stereocenters. The van der Waals surface area contributed by atoms with Crippen molar-refractivity contribution in [1.82, 2.24) is 10.2 Å². The summed E-state index contributed by atoms with van der Waals surface area (Å²) in [6.07, 6.45) is 4.19. The van der Waals surface area contributed by atoms with Crippen LogP contribution in [0.2, 0.25) is 0 Å². The number of nitrogens with one attached hydrogen (secondary N) is 1. The van der Waals surface area contributed by atoms with Crippen molar-refractivity contribution in [3.8, 4) is 5.75 Å². The molecule has 3 rings (SSSR count). The fraction of sp³-hybridized carbons (Fsp3) is 0.435. The molecule has 4 nitrogen and oxygen atoms in total. The normalized spacial score (nSPS) is 18.5. The summed E-state index contributed by atoms with van der Waals surface area (Å²) in [6, 6.07) is 18.3. The number of carbonyl (C=O) groups excluding carboxylic acids is 1. The van der Waals surface area contributed by atoms with Crippen molar-refractivity contribution in [3.63, 3.8) is 0 Å². The molecule has 0 radical (unpaired) electrons. The third-order valence-electron chi connectivity index (χ3n) is 5.09. The molecule has 1 aliphatic heterocycles. The van der Waals surface area contributed by atoms with Gasteiger partial charge in [-0.15, -0.1) is 12.4 Å². The zero-order valence-corrected chi connectivity index (χ0v) is 17.4. The molecule has 0 saturated heterocycles. The molecule has 1 heterocycles. The Balaban J connectivity index is 0.00000280. The topological polar surface area (TPSA) is 41.6 Å². The van der Waals surface area contributed by atoms with Gasteiger partial charge in [0, 0.05) is 19.1 Å². The van der Waals surface area contributed by atoms with Gasteiger partial charge in [-0.05, 0) is 50.4 Å². The highest BCUT2D eigenvalue weighted by Crippen LogP contribution is 2.21. The summed E-state index contributed by atoms with van der Waals surface area (Å²) in [6.45, 7) is 5.09. The van der Waals surface area contributed by atoms with E-state index in [9.17, 15) is 4.79 Å². The summed E-state index contributed by atoms with van der Waals surface area (Å²) in [5.74, 6) is 0.750. The summed E-state index contributed by atoms with van der Waals surface area (Å²) < 4.78 is 6.14. The maximum atomic E-state index is 13.0. The van der Waals surface area contributed by atoms with E-state index in [0.29, 0.717) is 17.9 Å². The first-order chi connectivity index (χ1) is 13.3. The predicted octanol–water partition coefficient (Wildman–Crippen LogP) is 4.33. The molecule has 1 atom stereocenters. The third kappa shape index (κ3) is 6.25. The highest BCUT2D eigenvalue weighted by molar-refractivity contribution is 5.96. The van der Waals surface area contributed by atoms with Gasteiger partial charge in [-0.2, -0.15) is 0 Å². The second kappa shape index (κ2) is 11.7. The molecule has 0 aromatic heterocycles. The van der Waals surface area contributed by atoms with Crippen molar-refractivity contribution >= 4 is 18.3 Å². The Morgan fingerprint density at radius 2 is 1.79 bits per heavy atom. The van der Waals surface area contributed by atoms with Gasteiger partial charge in [-0.1, -0.05) is 48.9 Å². The summed E-state index contributed by atoms with van der Waals surface area (Å²) in [4.78, 5) is 14.9. The van der Waals surface area contributed by atoms with Crippen LogP contribution in [0.3, 0.4) is 0 Å². The highest BCUT2D eigenvalue weighted by Gasteiger charge is 2.20. The van der Waals surface area contributed by atoms with E-state index in [1.807, 2.05) is 42.2 Å². The smallest absolute Gasteiger partial charge is 0.257 e. The Morgan fingerprint density at radius 1 is 1.04 bits per heavy atom. The van der Waals surface area contributed by atoms with Crippen LogP contribution in [-0.2, 0) is 6.42 Å². The van der Waals surface area contributed by atoms with E-state index in [1.54, 1.807) is 0 Å². The molecular weight excluding hydrogens is 372 g/mol. The number of hydrogen-bond acceptors (Lipinski definition) is 3. The number of nitrogens with zero attached hydrogens (tertiary/aromatic N) is 1. The number of ether oxygens (including phenoxy) is 1. The van der Waals surface area contributed by atoms with Crippen LogP contribution in [-0.4, -0.2) is 43.1 Å². The van der Waals surface area contributed by atoms with E-state index in [0.717, 1.165) is 45.3 Å². The standard InChI is InChI=1S/C23H30N2O2.ClH/c1-2-25-16-10-4-9-15-24-20(17-19-11-5-3-6-12-19)18-27-22-14-8-7-13-21(22)23(25)26;/h3,5-8,11-14,20,24H,2,4,9-10,15-18H2,1H3;1H/t20-;/m1./s1. The van der Waals surface area contributed by atoms with Crippen molar-refractivity contribution in [3.05, 3.63) is 65.7 Å². The first-order valence-corrected chi connectivity index (χ1v) is 10.1. The van der Waals surface area contributed by atoms with Gasteiger partial charge in [0.25, 0.3) is 5.91 Å². The molecule has 2 aromatic rings. The zero-order valence-electron chi connectivity index (χ0n) is 16.6. The lowest BCUT2D eigenvalue weighted by molar-refractivity contribution is 0.0757. The lowest BCUT2D eigenvalue weighted by Crippen LogP contribution is -2.37. The summed E-state index contributed by atoms with van der Waals surface area (Å²) in [7, 11) is 0. The number of fused-ring (bicyclic) bond motifs is 1. The van der Waals surface area contributed by atoms with E-state index >= 15 is 0 Å². The number of hydrogen-bond donors (Lipinski definition) is 1. The molecular formula is C23H31ClN2O2. The molecule has 0 saturated carbocycles. The van der Waals surface area contributed by atoms with Crippen LogP contribution in [0.4, 0.5) is 0 Å². The van der Waals surface area contributed by atoms with Crippen LogP contribution in [0.5, 0.6) is 5.75 Å². The molecule has 1 amide bonds. The Kier molecular flexibility index (Phi) is 9.32. The molecule has 2 aromatic carbocycles. The van der Waals surface area contributed by atoms with Crippen molar-refractivity contribution in [2.45, 2.75) is 38.6 Å². The molecule has 0 spiro atoms. The lowest BCUT2D eigenvalue weighted by atomic mass is 10.1. The first-order valence-electron chi connectivity index (χ1n) is 10.1. The van der Waals surface area contributed by atoms with Crippen LogP contribution in [0.1, 0.15) is 42.1 Å². The average molecular weight is 403 g/mol. The molecule has 28 heavy (non-hydrogen) atoms. The molecule has 5 heteroatoms. The van der Waals surface area contributed by atoms with E-state index in [2.05, 4.69) is 29.6 Å². The van der Waals surface area contributed by atoms with Crippen LogP contribution in [0.15, 0.2) is 54.6 Å². The predicted molar refractivity (Wildman–Crippen MR) is 117 cm³/mol. The fourth-order valence-electron chi connectivity index (χ4n) is 3.53. The maximum absolute atomic E-state index is 13.0. The van der Waals surface area contributed by atoms with Crippen molar-refractivity contribution in [2.75, 3.05) is 26.2 Å². The number of benzene rings is 2. The Hall–Kier alpha value is -2.04. The van der Waals surface area contributed by atoms with Crippen LogP contribution < -0.4 is 10.1 Å². The monoisotopic (exact) mass is 402 g/mol. The van der Waals surface area contributed by atoms with Crippen molar-refractivity contribution in [2.24, 2.45) is 0 Å². The Bertz CT molecular complexity index is 724. The number of carbonyl (C=O) groups is 1. The van der Waals surface area contributed by atoms with Gasteiger partial charge in [-0.3, -0.25) is 4.79 Å². The minimum Gasteiger partial charge on any atom is -0.491 e.